The molecule has 1 aromatic heterocycles. The van der Waals surface area contributed by atoms with Crippen molar-refractivity contribution in [1.29, 1.82) is 0 Å². The van der Waals surface area contributed by atoms with Crippen LogP contribution in [0, 0.1) is 3.57 Å². The van der Waals surface area contributed by atoms with E-state index in [1.54, 1.807) is 12.3 Å². The Kier molecular flexibility index (Phi) is 3.83. The highest BCUT2D eigenvalue weighted by atomic mass is 127. The standard InChI is InChI=1S/C14H10IN3OS/c15-10-5-6-12(19)9(7-10)8-16-18-14-17-11-3-1-2-4-13(11)20-14/h1-8,19H,(H,17,18)/b16-8-. The first-order valence-electron chi connectivity index (χ1n) is 5.85. The Morgan fingerprint density at radius 1 is 1.25 bits per heavy atom. The van der Waals surface area contributed by atoms with Crippen molar-refractivity contribution in [2.24, 2.45) is 5.10 Å². The number of para-hydroxylation sites is 1. The van der Waals surface area contributed by atoms with E-state index < -0.39 is 0 Å². The summed E-state index contributed by atoms with van der Waals surface area (Å²) in [7, 11) is 0. The molecule has 6 heteroatoms. The van der Waals surface area contributed by atoms with Crippen LogP contribution in [0.15, 0.2) is 47.6 Å². The van der Waals surface area contributed by atoms with Gasteiger partial charge in [-0.05, 0) is 52.9 Å². The number of fused-ring (bicyclic) bond motifs is 1. The SMILES string of the molecule is Oc1ccc(I)cc1/C=N\Nc1nc2ccccc2s1. The molecule has 3 rings (SSSR count). The lowest BCUT2D eigenvalue weighted by Crippen LogP contribution is -1.90. The van der Waals surface area contributed by atoms with Gasteiger partial charge in [0.2, 0.25) is 5.13 Å². The summed E-state index contributed by atoms with van der Waals surface area (Å²) < 4.78 is 2.16. The average Bonchev–Trinajstić information content (AvgIpc) is 2.85. The van der Waals surface area contributed by atoms with Gasteiger partial charge in [0.1, 0.15) is 5.75 Å². The fourth-order valence-corrected chi connectivity index (χ4v) is 3.04. The number of aromatic nitrogens is 1. The summed E-state index contributed by atoms with van der Waals surface area (Å²) >= 11 is 3.73. The van der Waals surface area contributed by atoms with Crippen molar-refractivity contribution in [1.82, 2.24) is 4.98 Å². The Morgan fingerprint density at radius 2 is 2.10 bits per heavy atom. The number of hydrazone groups is 1. The van der Waals surface area contributed by atoms with E-state index in [2.05, 4.69) is 38.1 Å². The molecule has 0 unspecified atom stereocenters. The number of aromatic hydroxyl groups is 1. The quantitative estimate of drug-likeness (QED) is 0.400. The van der Waals surface area contributed by atoms with Gasteiger partial charge in [-0.1, -0.05) is 23.5 Å². The molecule has 0 bridgehead atoms. The highest BCUT2D eigenvalue weighted by Crippen LogP contribution is 2.25. The minimum Gasteiger partial charge on any atom is -0.507 e. The zero-order valence-corrected chi connectivity index (χ0v) is 13.2. The maximum Gasteiger partial charge on any atom is 0.204 e. The highest BCUT2D eigenvalue weighted by Gasteiger charge is 2.02. The van der Waals surface area contributed by atoms with E-state index in [1.165, 1.54) is 11.3 Å². The van der Waals surface area contributed by atoms with E-state index in [0.29, 0.717) is 5.56 Å². The maximum atomic E-state index is 9.71. The van der Waals surface area contributed by atoms with Gasteiger partial charge in [-0.15, -0.1) is 0 Å². The number of phenols is 1. The van der Waals surface area contributed by atoms with Gasteiger partial charge in [0.05, 0.1) is 16.4 Å². The number of anilines is 1. The van der Waals surface area contributed by atoms with Crippen molar-refractivity contribution in [2.75, 3.05) is 5.43 Å². The second-order valence-corrected chi connectivity index (χ2v) is 6.34. The molecule has 0 saturated heterocycles. The van der Waals surface area contributed by atoms with Gasteiger partial charge >= 0.3 is 0 Å². The molecule has 0 radical (unpaired) electrons. The first-order valence-corrected chi connectivity index (χ1v) is 7.75. The minimum absolute atomic E-state index is 0.209. The highest BCUT2D eigenvalue weighted by molar-refractivity contribution is 14.1. The molecule has 1 heterocycles. The Morgan fingerprint density at radius 3 is 2.95 bits per heavy atom. The van der Waals surface area contributed by atoms with Crippen molar-refractivity contribution < 1.29 is 5.11 Å². The molecule has 0 saturated carbocycles. The Labute approximate surface area is 133 Å². The molecular weight excluding hydrogens is 385 g/mol. The van der Waals surface area contributed by atoms with Crippen molar-refractivity contribution in [3.8, 4) is 5.75 Å². The lowest BCUT2D eigenvalue weighted by atomic mass is 10.2. The molecule has 0 aliphatic carbocycles. The van der Waals surface area contributed by atoms with Crippen LogP contribution in [0.3, 0.4) is 0 Å². The van der Waals surface area contributed by atoms with Gasteiger partial charge in [0.15, 0.2) is 0 Å². The summed E-state index contributed by atoms with van der Waals surface area (Å²) in [6, 6.07) is 13.3. The summed E-state index contributed by atoms with van der Waals surface area (Å²) in [5, 5.41) is 14.6. The Bertz CT molecular complexity index is 752. The summed E-state index contributed by atoms with van der Waals surface area (Å²) in [6.07, 6.45) is 1.59. The number of nitrogens with zero attached hydrogens (tertiary/aromatic N) is 2. The largest absolute Gasteiger partial charge is 0.507 e. The monoisotopic (exact) mass is 395 g/mol. The maximum absolute atomic E-state index is 9.71. The molecule has 3 aromatic rings. The van der Waals surface area contributed by atoms with Crippen LogP contribution in [0.1, 0.15) is 5.56 Å². The molecule has 20 heavy (non-hydrogen) atoms. The van der Waals surface area contributed by atoms with Crippen LogP contribution in [0.4, 0.5) is 5.13 Å². The van der Waals surface area contributed by atoms with Crippen LogP contribution in [-0.4, -0.2) is 16.3 Å². The van der Waals surface area contributed by atoms with Crippen LogP contribution in [0.5, 0.6) is 5.75 Å². The van der Waals surface area contributed by atoms with Crippen LogP contribution >= 0.6 is 33.9 Å². The number of halogens is 1. The van der Waals surface area contributed by atoms with Crippen molar-refractivity contribution in [3.63, 3.8) is 0 Å². The van der Waals surface area contributed by atoms with E-state index in [9.17, 15) is 5.11 Å². The van der Waals surface area contributed by atoms with Crippen LogP contribution in [0.2, 0.25) is 0 Å². The average molecular weight is 395 g/mol. The van der Waals surface area contributed by atoms with Crippen LogP contribution < -0.4 is 5.43 Å². The predicted octanol–water partition coefficient (Wildman–Crippen LogP) is 4.05. The lowest BCUT2D eigenvalue weighted by molar-refractivity contribution is 0.474. The first-order chi connectivity index (χ1) is 9.72. The molecule has 2 N–H and O–H groups in total. The van der Waals surface area contributed by atoms with Gasteiger partial charge in [-0.2, -0.15) is 5.10 Å². The third-order valence-corrected chi connectivity index (χ3v) is 4.26. The normalized spacial score (nSPS) is 11.2. The summed E-state index contributed by atoms with van der Waals surface area (Å²) in [5.41, 5.74) is 4.52. The van der Waals surface area contributed by atoms with E-state index in [4.69, 9.17) is 0 Å². The Hall–Kier alpha value is -1.67. The van der Waals surface area contributed by atoms with Gasteiger partial charge in [-0.3, -0.25) is 5.43 Å². The van der Waals surface area contributed by atoms with E-state index in [0.717, 1.165) is 18.9 Å². The molecule has 0 spiro atoms. The predicted molar refractivity (Wildman–Crippen MR) is 91.7 cm³/mol. The number of thiazole rings is 1. The fraction of sp³-hybridized carbons (Fsp3) is 0. The molecule has 0 fully saturated rings. The van der Waals surface area contributed by atoms with E-state index >= 15 is 0 Å². The third kappa shape index (κ3) is 2.91. The second kappa shape index (κ2) is 5.76. The summed E-state index contributed by atoms with van der Waals surface area (Å²) in [4.78, 5) is 4.41. The number of hydrogen-bond donors (Lipinski definition) is 2. The zero-order valence-electron chi connectivity index (χ0n) is 10.2. The summed E-state index contributed by atoms with van der Waals surface area (Å²) in [6.45, 7) is 0. The molecule has 0 aliphatic rings. The molecule has 0 aliphatic heterocycles. The van der Waals surface area contributed by atoms with Gasteiger partial charge in [0.25, 0.3) is 0 Å². The van der Waals surface area contributed by atoms with Crippen LogP contribution in [-0.2, 0) is 0 Å². The first kappa shape index (κ1) is 13.3. The van der Waals surface area contributed by atoms with Gasteiger partial charge < -0.3 is 5.11 Å². The molecule has 100 valence electrons. The van der Waals surface area contributed by atoms with Crippen LogP contribution in [0.25, 0.3) is 10.2 Å². The number of phenolic OH excluding ortho intramolecular Hbond substituents is 1. The molecular formula is C14H10IN3OS. The minimum atomic E-state index is 0.209. The van der Waals surface area contributed by atoms with Crippen molar-refractivity contribution >= 4 is 55.5 Å². The molecule has 4 nitrogen and oxygen atoms in total. The number of nitrogens with one attached hydrogen (secondary N) is 1. The zero-order chi connectivity index (χ0) is 13.9. The Balaban J connectivity index is 1.78. The van der Waals surface area contributed by atoms with Crippen molar-refractivity contribution in [3.05, 3.63) is 51.6 Å². The lowest BCUT2D eigenvalue weighted by Gasteiger charge is -1.99. The molecule has 0 atom stereocenters. The topological polar surface area (TPSA) is 57.5 Å². The van der Waals surface area contributed by atoms with Gasteiger partial charge in [0, 0.05) is 9.13 Å². The smallest absolute Gasteiger partial charge is 0.204 e. The van der Waals surface area contributed by atoms with E-state index in [-0.39, 0.29) is 5.75 Å². The number of rotatable bonds is 3. The second-order valence-electron chi connectivity index (χ2n) is 4.06. The van der Waals surface area contributed by atoms with Gasteiger partial charge in [-0.25, -0.2) is 4.98 Å². The molecule has 0 amide bonds. The third-order valence-electron chi connectivity index (χ3n) is 2.65. The number of benzene rings is 2. The summed E-state index contributed by atoms with van der Waals surface area (Å²) in [5.74, 6) is 0.209. The van der Waals surface area contributed by atoms with Crippen molar-refractivity contribution in [2.45, 2.75) is 0 Å². The fourth-order valence-electron chi connectivity index (χ4n) is 1.71. The van der Waals surface area contributed by atoms with E-state index in [1.807, 2.05) is 36.4 Å². The number of hydrogen-bond acceptors (Lipinski definition) is 5. The molecule has 2 aromatic carbocycles.